The van der Waals surface area contributed by atoms with Gasteiger partial charge in [0.15, 0.2) is 0 Å². The van der Waals surface area contributed by atoms with Gasteiger partial charge in [-0.15, -0.1) is 25.7 Å². The zero-order valence-electron chi connectivity index (χ0n) is 21.1. The first-order valence-corrected chi connectivity index (χ1v) is 11.7. The second-order valence-corrected chi connectivity index (χ2v) is 8.95. The van der Waals surface area contributed by atoms with Crippen molar-refractivity contribution in [2.45, 2.75) is 27.7 Å². The minimum Gasteiger partial charge on any atom is -0.115 e. The molecular weight excluding hydrogens is 432 g/mol. The van der Waals surface area contributed by atoms with E-state index in [-0.39, 0.29) is 0 Å². The Labute approximate surface area is 215 Å². The van der Waals surface area contributed by atoms with Crippen molar-refractivity contribution in [1.82, 2.24) is 0 Å². The fraction of sp³-hybridized carbons (Fsp3) is 0.111. The molecule has 0 heterocycles. The van der Waals surface area contributed by atoms with Crippen LogP contribution in [-0.4, -0.2) is 0 Å². The maximum absolute atomic E-state index is 6.24. The minimum atomic E-state index is 0.782. The van der Waals surface area contributed by atoms with Crippen LogP contribution in [0.3, 0.4) is 0 Å². The van der Waals surface area contributed by atoms with E-state index in [0.29, 0.717) is 0 Å². The van der Waals surface area contributed by atoms with Gasteiger partial charge in [-0.1, -0.05) is 66.1 Å². The third-order valence-electron chi connectivity index (χ3n) is 6.82. The molecule has 0 atom stereocenters. The highest BCUT2D eigenvalue weighted by atomic mass is 14.2. The summed E-state index contributed by atoms with van der Waals surface area (Å²) < 4.78 is 0. The molecule has 4 aromatic rings. The molecule has 0 amide bonds. The Morgan fingerprint density at radius 1 is 0.500 bits per heavy atom. The van der Waals surface area contributed by atoms with Gasteiger partial charge < -0.3 is 0 Å². The van der Waals surface area contributed by atoms with Gasteiger partial charge in [0.25, 0.3) is 0 Å². The average Bonchev–Trinajstić information content (AvgIpc) is 2.88. The third kappa shape index (κ3) is 3.97. The topological polar surface area (TPSA) is 0 Å². The van der Waals surface area contributed by atoms with Gasteiger partial charge in [0.2, 0.25) is 0 Å². The molecule has 4 rings (SSSR count). The molecule has 0 radical (unpaired) electrons. The first-order valence-electron chi connectivity index (χ1n) is 11.7. The van der Waals surface area contributed by atoms with Crippen LogP contribution < -0.4 is 0 Å². The average molecular weight is 459 g/mol. The molecule has 4 aromatic carbocycles. The summed E-state index contributed by atoms with van der Waals surface area (Å²) in [5.74, 6) is 11.5. The van der Waals surface area contributed by atoms with Crippen molar-refractivity contribution in [2.75, 3.05) is 0 Å². The first kappa shape index (κ1) is 24.3. The van der Waals surface area contributed by atoms with E-state index in [0.717, 1.165) is 77.9 Å². The van der Waals surface area contributed by atoms with Gasteiger partial charge in [-0.05, 0) is 96.0 Å². The van der Waals surface area contributed by atoms with Gasteiger partial charge in [0.1, 0.15) is 0 Å². The third-order valence-corrected chi connectivity index (χ3v) is 6.82. The highest BCUT2D eigenvalue weighted by Gasteiger charge is 2.22. The molecule has 0 spiro atoms. The highest BCUT2D eigenvalue weighted by Crippen LogP contribution is 2.43. The Kier molecular flexibility index (Phi) is 6.58. The standard InChI is InChI=1S/C36H26/c1-9-27-16-14-17-31(25(27)7)36-26(8)34(32-20-19-23(5)21-28(32)10-2)22-35(30(36)12-4)33-18-13-15-24(6)29(33)11-3/h1-4,13-22H,5-8H3. The molecule has 0 aliphatic carbocycles. The summed E-state index contributed by atoms with van der Waals surface area (Å²) in [4.78, 5) is 0. The van der Waals surface area contributed by atoms with Gasteiger partial charge in [0.05, 0.1) is 0 Å². The number of rotatable bonds is 3. The Hall–Kier alpha value is -4.88. The van der Waals surface area contributed by atoms with Gasteiger partial charge in [-0.25, -0.2) is 0 Å². The number of hydrogen-bond donors (Lipinski definition) is 0. The molecule has 0 aliphatic rings. The minimum absolute atomic E-state index is 0.782. The fourth-order valence-electron chi connectivity index (χ4n) is 4.92. The molecule has 0 aromatic heterocycles. The zero-order valence-corrected chi connectivity index (χ0v) is 21.1. The van der Waals surface area contributed by atoms with Crippen LogP contribution in [0.25, 0.3) is 33.4 Å². The Bertz CT molecular complexity index is 1700. The summed E-state index contributed by atoms with van der Waals surface area (Å²) in [5, 5.41) is 0. The maximum atomic E-state index is 6.24. The molecule has 0 saturated carbocycles. The molecule has 0 bridgehead atoms. The summed E-state index contributed by atoms with van der Waals surface area (Å²) in [7, 11) is 0. The van der Waals surface area contributed by atoms with Crippen LogP contribution in [0, 0.1) is 77.1 Å². The lowest BCUT2D eigenvalue weighted by atomic mass is 9.80. The summed E-state index contributed by atoms with van der Waals surface area (Å²) in [6.45, 7) is 8.18. The molecule has 0 saturated heterocycles. The molecule has 170 valence electrons. The fourth-order valence-corrected chi connectivity index (χ4v) is 4.92. The summed E-state index contributed by atoms with van der Waals surface area (Å²) in [5.41, 5.74) is 13.2. The van der Waals surface area contributed by atoms with Crippen molar-refractivity contribution in [3.63, 3.8) is 0 Å². The Morgan fingerprint density at radius 3 is 1.83 bits per heavy atom. The lowest BCUT2D eigenvalue weighted by Gasteiger charge is -2.22. The van der Waals surface area contributed by atoms with Crippen LogP contribution in [-0.2, 0) is 0 Å². The lowest BCUT2D eigenvalue weighted by molar-refractivity contribution is 1.36. The van der Waals surface area contributed by atoms with Gasteiger partial charge in [-0.3, -0.25) is 0 Å². The molecule has 0 heteroatoms. The SMILES string of the molecule is C#Cc1cc(C)ccc1-c1cc(-c2cccc(C)c2C#C)c(C#C)c(-c2cccc(C#C)c2C)c1C. The number of benzene rings is 4. The van der Waals surface area contributed by atoms with E-state index in [1.807, 2.05) is 57.2 Å². The van der Waals surface area contributed by atoms with E-state index in [4.69, 9.17) is 25.7 Å². The van der Waals surface area contributed by atoms with Gasteiger partial charge in [-0.2, -0.15) is 0 Å². The smallest absolute Gasteiger partial charge is 0.0403 e. The lowest BCUT2D eigenvalue weighted by Crippen LogP contribution is -2.01. The monoisotopic (exact) mass is 458 g/mol. The van der Waals surface area contributed by atoms with Crippen molar-refractivity contribution < 1.29 is 0 Å². The Balaban J connectivity index is 2.24. The van der Waals surface area contributed by atoms with Crippen molar-refractivity contribution in [2.24, 2.45) is 0 Å². The molecule has 36 heavy (non-hydrogen) atoms. The highest BCUT2D eigenvalue weighted by molar-refractivity contribution is 5.94. The normalized spacial score (nSPS) is 10.1. The maximum Gasteiger partial charge on any atom is 0.0403 e. The largest absolute Gasteiger partial charge is 0.115 e. The van der Waals surface area contributed by atoms with Crippen LogP contribution in [0.4, 0.5) is 0 Å². The van der Waals surface area contributed by atoms with E-state index >= 15 is 0 Å². The van der Waals surface area contributed by atoms with Crippen LogP contribution in [0.15, 0.2) is 60.7 Å². The molecule has 0 fully saturated rings. The van der Waals surface area contributed by atoms with Crippen molar-refractivity contribution >= 4 is 0 Å². The van der Waals surface area contributed by atoms with Crippen molar-refractivity contribution in [3.8, 4) is 82.8 Å². The number of aryl methyl sites for hydroxylation is 2. The molecule has 0 N–H and O–H groups in total. The summed E-state index contributed by atoms with van der Waals surface area (Å²) in [6.07, 6.45) is 24.0. The van der Waals surface area contributed by atoms with Crippen molar-refractivity contribution in [3.05, 3.63) is 105 Å². The molecule has 0 unspecified atom stereocenters. The number of hydrogen-bond acceptors (Lipinski definition) is 0. The molecule has 0 nitrogen and oxygen atoms in total. The van der Waals surface area contributed by atoms with E-state index in [1.165, 1.54) is 0 Å². The first-order chi connectivity index (χ1) is 17.4. The van der Waals surface area contributed by atoms with Crippen LogP contribution >= 0.6 is 0 Å². The van der Waals surface area contributed by atoms with E-state index in [9.17, 15) is 0 Å². The molecular formula is C36H26. The quantitative estimate of drug-likeness (QED) is 0.274. The summed E-state index contributed by atoms with van der Waals surface area (Å²) in [6, 6.07) is 20.4. The van der Waals surface area contributed by atoms with Crippen LogP contribution in [0.2, 0.25) is 0 Å². The van der Waals surface area contributed by atoms with E-state index in [2.05, 4.69) is 54.9 Å². The zero-order chi connectivity index (χ0) is 26.0. The van der Waals surface area contributed by atoms with Gasteiger partial charge >= 0.3 is 0 Å². The van der Waals surface area contributed by atoms with Gasteiger partial charge in [0, 0.05) is 27.8 Å². The second-order valence-electron chi connectivity index (χ2n) is 8.95. The van der Waals surface area contributed by atoms with Crippen LogP contribution in [0.5, 0.6) is 0 Å². The predicted octanol–water partition coefficient (Wildman–Crippen LogP) is 7.85. The van der Waals surface area contributed by atoms with Crippen LogP contribution in [0.1, 0.15) is 44.5 Å². The number of terminal acetylenes is 4. The summed E-state index contributed by atoms with van der Waals surface area (Å²) >= 11 is 0. The predicted molar refractivity (Wildman–Crippen MR) is 153 cm³/mol. The van der Waals surface area contributed by atoms with E-state index in [1.54, 1.807) is 0 Å². The molecule has 0 aliphatic heterocycles. The van der Waals surface area contributed by atoms with E-state index < -0.39 is 0 Å². The Morgan fingerprint density at radius 2 is 1.17 bits per heavy atom. The van der Waals surface area contributed by atoms with Crippen molar-refractivity contribution in [1.29, 1.82) is 0 Å². The second kappa shape index (κ2) is 9.77.